The molecule has 21 heavy (non-hydrogen) atoms. The molecule has 0 fully saturated rings. The Kier molecular flexibility index (Phi) is 5.09. The van der Waals surface area contributed by atoms with Crippen LogP contribution in [0.1, 0.15) is 34.8 Å². The zero-order chi connectivity index (χ0) is 15.2. The van der Waals surface area contributed by atoms with Crippen LogP contribution >= 0.6 is 0 Å². The highest BCUT2D eigenvalue weighted by Gasteiger charge is 2.09. The summed E-state index contributed by atoms with van der Waals surface area (Å²) in [5, 5.41) is 0. The molecule has 2 aromatic rings. The summed E-state index contributed by atoms with van der Waals surface area (Å²) in [5.74, 6) is -0.489. The molecule has 2 rings (SSSR count). The Morgan fingerprint density at radius 1 is 1.14 bits per heavy atom. The number of carbonyl (C=O) groups is 1. The SMILES string of the molecule is CCCc1ccc(C(=O)COc2cc(C)ccc2F)cc1. The minimum atomic E-state index is -0.452. The lowest BCUT2D eigenvalue weighted by Gasteiger charge is -2.08. The van der Waals surface area contributed by atoms with Crippen molar-refractivity contribution < 1.29 is 13.9 Å². The molecule has 0 aromatic heterocycles. The average Bonchev–Trinajstić information content (AvgIpc) is 2.49. The van der Waals surface area contributed by atoms with Gasteiger partial charge in [-0.15, -0.1) is 0 Å². The number of benzene rings is 2. The summed E-state index contributed by atoms with van der Waals surface area (Å²) in [5.41, 5.74) is 2.69. The van der Waals surface area contributed by atoms with Crippen LogP contribution in [0, 0.1) is 12.7 Å². The molecule has 0 aliphatic carbocycles. The molecule has 0 aliphatic heterocycles. The molecule has 0 saturated carbocycles. The van der Waals surface area contributed by atoms with Gasteiger partial charge in [0.1, 0.15) is 0 Å². The third-order valence-electron chi connectivity index (χ3n) is 3.26. The van der Waals surface area contributed by atoms with Crippen LogP contribution in [0.3, 0.4) is 0 Å². The molecular formula is C18H19FO2. The van der Waals surface area contributed by atoms with Gasteiger partial charge < -0.3 is 4.74 Å². The maximum atomic E-state index is 13.5. The standard InChI is InChI=1S/C18H19FO2/c1-3-4-14-6-8-15(9-7-14)17(20)12-21-18-11-13(2)5-10-16(18)19/h5-11H,3-4,12H2,1-2H3. The summed E-state index contributed by atoms with van der Waals surface area (Å²) in [4.78, 5) is 12.0. The van der Waals surface area contributed by atoms with Crippen LogP contribution in [0.2, 0.25) is 0 Å². The third-order valence-corrected chi connectivity index (χ3v) is 3.26. The zero-order valence-electron chi connectivity index (χ0n) is 12.4. The van der Waals surface area contributed by atoms with E-state index in [1.165, 1.54) is 11.6 Å². The van der Waals surface area contributed by atoms with E-state index in [0.717, 1.165) is 18.4 Å². The monoisotopic (exact) mass is 286 g/mol. The van der Waals surface area contributed by atoms with Gasteiger partial charge in [0.15, 0.2) is 24.0 Å². The Balaban J connectivity index is 1.99. The Morgan fingerprint density at radius 2 is 1.86 bits per heavy atom. The molecule has 0 bridgehead atoms. The normalized spacial score (nSPS) is 10.4. The second kappa shape index (κ2) is 7.02. The van der Waals surface area contributed by atoms with Crippen LogP contribution in [0.15, 0.2) is 42.5 Å². The van der Waals surface area contributed by atoms with E-state index < -0.39 is 5.82 Å². The van der Waals surface area contributed by atoms with Crippen molar-refractivity contribution in [1.82, 2.24) is 0 Å². The highest BCUT2D eigenvalue weighted by Crippen LogP contribution is 2.18. The molecule has 0 atom stereocenters. The van der Waals surface area contributed by atoms with Crippen molar-refractivity contribution >= 4 is 5.78 Å². The van der Waals surface area contributed by atoms with Crippen LogP contribution < -0.4 is 4.74 Å². The molecule has 110 valence electrons. The smallest absolute Gasteiger partial charge is 0.200 e. The first-order chi connectivity index (χ1) is 10.1. The first kappa shape index (κ1) is 15.2. The van der Waals surface area contributed by atoms with Gasteiger partial charge in [0.25, 0.3) is 0 Å². The van der Waals surface area contributed by atoms with Gasteiger partial charge in [0.05, 0.1) is 0 Å². The molecule has 0 unspecified atom stereocenters. The number of rotatable bonds is 6. The fourth-order valence-corrected chi connectivity index (χ4v) is 2.09. The summed E-state index contributed by atoms with van der Waals surface area (Å²) < 4.78 is 18.8. The summed E-state index contributed by atoms with van der Waals surface area (Å²) in [6.45, 7) is 3.80. The van der Waals surface area contributed by atoms with Crippen molar-refractivity contribution in [2.45, 2.75) is 26.7 Å². The zero-order valence-corrected chi connectivity index (χ0v) is 12.4. The molecule has 0 heterocycles. The fraction of sp³-hybridized carbons (Fsp3) is 0.278. The lowest BCUT2D eigenvalue weighted by Crippen LogP contribution is -2.12. The minimum Gasteiger partial charge on any atom is -0.482 e. The maximum absolute atomic E-state index is 13.5. The van der Waals surface area contributed by atoms with Gasteiger partial charge in [-0.25, -0.2) is 4.39 Å². The molecule has 0 spiro atoms. The van der Waals surface area contributed by atoms with E-state index in [-0.39, 0.29) is 18.1 Å². The van der Waals surface area contributed by atoms with E-state index in [0.29, 0.717) is 5.56 Å². The van der Waals surface area contributed by atoms with Crippen molar-refractivity contribution in [3.8, 4) is 5.75 Å². The van der Waals surface area contributed by atoms with E-state index in [1.807, 2.05) is 19.1 Å². The highest BCUT2D eigenvalue weighted by molar-refractivity contribution is 5.97. The molecule has 3 heteroatoms. The predicted octanol–water partition coefficient (Wildman–Crippen LogP) is 4.35. The summed E-state index contributed by atoms with van der Waals surface area (Å²) >= 11 is 0. The lowest BCUT2D eigenvalue weighted by atomic mass is 10.1. The van der Waals surface area contributed by atoms with Crippen molar-refractivity contribution in [2.75, 3.05) is 6.61 Å². The molecule has 0 N–H and O–H groups in total. The van der Waals surface area contributed by atoms with E-state index >= 15 is 0 Å². The van der Waals surface area contributed by atoms with Gasteiger partial charge in [-0.3, -0.25) is 4.79 Å². The number of Topliss-reactive ketones (excluding diaryl/α,β-unsaturated/α-hetero) is 1. The van der Waals surface area contributed by atoms with Gasteiger partial charge in [-0.2, -0.15) is 0 Å². The van der Waals surface area contributed by atoms with Crippen molar-refractivity contribution in [1.29, 1.82) is 0 Å². The minimum absolute atomic E-state index is 0.117. The number of carbonyl (C=O) groups excluding carboxylic acids is 1. The number of halogens is 1. The van der Waals surface area contributed by atoms with E-state index in [2.05, 4.69) is 6.92 Å². The van der Waals surface area contributed by atoms with Crippen LogP contribution in [0.25, 0.3) is 0 Å². The van der Waals surface area contributed by atoms with Crippen LogP contribution in [-0.4, -0.2) is 12.4 Å². The van der Waals surface area contributed by atoms with Crippen molar-refractivity contribution in [2.24, 2.45) is 0 Å². The average molecular weight is 286 g/mol. The molecular weight excluding hydrogens is 267 g/mol. The lowest BCUT2D eigenvalue weighted by molar-refractivity contribution is 0.0918. The van der Waals surface area contributed by atoms with Gasteiger partial charge >= 0.3 is 0 Å². The van der Waals surface area contributed by atoms with Gasteiger partial charge in [0.2, 0.25) is 0 Å². The topological polar surface area (TPSA) is 26.3 Å². The Bertz CT molecular complexity index is 618. The molecule has 0 saturated heterocycles. The largest absolute Gasteiger partial charge is 0.482 e. The number of hydrogen-bond acceptors (Lipinski definition) is 2. The number of ether oxygens (including phenoxy) is 1. The van der Waals surface area contributed by atoms with Crippen molar-refractivity contribution in [3.05, 3.63) is 65.0 Å². The predicted molar refractivity (Wildman–Crippen MR) is 81.4 cm³/mol. The fourth-order valence-electron chi connectivity index (χ4n) is 2.09. The summed E-state index contributed by atoms with van der Waals surface area (Å²) in [7, 11) is 0. The first-order valence-corrected chi connectivity index (χ1v) is 7.11. The molecule has 2 aromatic carbocycles. The maximum Gasteiger partial charge on any atom is 0.200 e. The molecule has 2 nitrogen and oxygen atoms in total. The number of aryl methyl sites for hydroxylation is 2. The first-order valence-electron chi connectivity index (χ1n) is 7.11. The van der Waals surface area contributed by atoms with E-state index in [1.54, 1.807) is 24.3 Å². The van der Waals surface area contributed by atoms with Crippen LogP contribution in [0.5, 0.6) is 5.75 Å². The molecule has 0 radical (unpaired) electrons. The van der Waals surface area contributed by atoms with Crippen molar-refractivity contribution in [3.63, 3.8) is 0 Å². The van der Waals surface area contributed by atoms with Gasteiger partial charge in [-0.05, 0) is 36.6 Å². The Hall–Kier alpha value is -2.16. The highest BCUT2D eigenvalue weighted by atomic mass is 19.1. The van der Waals surface area contributed by atoms with E-state index in [4.69, 9.17) is 4.74 Å². The second-order valence-electron chi connectivity index (χ2n) is 5.09. The van der Waals surface area contributed by atoms with Crippen LogP contribution in [0.4, 0.5) is 4.39 Å². The Labute approximate surface area is 124 Å². The third kappa shape index (κ3) is 4.15. The number of ketones is 1. The summed E-state index contributed by atoms with van der Waals surface area (Å²) in [6.07, 6.45) is 2.07. The Morgan fingerprint density at radius 3 is 2.52 bits per heavy atom. The van der Waals surface area contributed by atoms with Crippen LogP contribution in [-0.2, 0) is 6.42 Å². The van der Waals surface area contributed by atoms with Gasteiger partial charge in [0, 0.05) is 5.56 Å². The van der Waals surface area contributed by atoms with Gasteiger partial charge in [-0.1, -0.05) is 43.7 Å². The number of hydrogen-bond donors (Lipinski definition) is 0. The molecule has 0 aliphatic rings. The molecule has 0 amide bonds. The quantitative estimate of drug-likeness (QED) is 0.738. The van der Waals surface area contributed by atoms with E-state index in [9.17, 15) is 9.18 Å². The second-order valence-corrected chi connectivity index (χ2v) is 5.09. The summed E-state index contributed by atoms with van der Waals surface area (Å²) in [6, 6.07) is 12.1.